The summed E-state index contributed by atoms with van der Waals surface area (Å²) in [5.41, 5.74) is 2.30. The van der Waals surface area contributed by atoms with Crippen LogP contribution in [0.2, 0.25) is 0 Å². The van der Waals surface area contributed by atoms with E-state index in [4.69, 9.17) is 4.74 Å². The standard InChI is InChI=1S/C19H18IN5O2.ClH/c20-15-3-6-18(22-10-15)25-12-14(9-23-25)19(26)24-16-4-1-13(2-5-16)17-11-21-7-8-27-17;/h1-6,9-10,12,17,21H,7-8,11H2,(H,24,26);1H/t17-;/m1./s1. The number of hydrogen-bond acceptors (Lipinski definition) is 5. The molecule has 1 atom stereocenters. The van der Waals surface area contributed by atoms with Crippen LogP contribution in [0.4, 0.5) is 5.69 Å². The van der Waals surface area contributed by atoms with E-state index in [2.05, 4.69) is 43.3 Å². The van der Waals surface area contributed by atoms with Crippen LogP contribution in [0.25, 0.3) is 5.82 Å². The first-order valence-electron chi connectivity index (χ1n) is 8.59. The summed E-state index contributed by atoms with van der Waals surface area (Å²) in [6.07, 6.45) is 5.01. The topological polar surface area (TPSA) is 81.1 Å². The molecule has 0 saturated carbocycles. The van der Waals surface area contributed by atoms with E-state index in [1.54, 1.807) is 17.1 Å². The molecule has 28 heavy (non-hydrogen) atoms. The number of hydrogen-bond donors (Lipinski definition) is 2. The molecule has 3 aromatic rings. The summed E-state index contributed by atoms with van der Waals surface area (Å²) in [6.45, 7) is 2.40. The minimum Gasteiger partial charge on any atom is -0.371 e. The van der Waals surface area contributed by atoms with Gasteiger partial charge in [0.25, 0.3) is 5.91 Å². The highest BCUT2D eigenvalue weighted by Crippen LogP contribution is 2.21. The van der Waals surface area contributed by atoms with Crippen molar-refractivity contribution in [3.05, 3.63) is 69.7 Å². The molecule has 0 bridgehead atoms. The Balaban J connectivity index is 0.00000225. The summed E-state index contributed by atoms with van der Waals surface area (Å²) in [5.74, 6) is 0.454. The van der Waals surface area contributed by atoms with Gasteiger partial charge in [0.2, 0.25) is 0 Å². The number of aromatic nitrogens is 3. The van der Waals surface area contributed by atoms with Crippen LogP contribution in [0.15, 0.2) is 55.0 Å². The number of morpholine rings is 1. The Kier molecular flexibility index (Phi) is 7.00. The zero-order valence-corrected chi connectivity index (χ0v) is 17.8. The summed E-state index contributed by atoms with van der Waals surface area (Å²) in [5, 5.41) is 10.4. The van der Waals surface area contributed by atoms with E-state index in [9.17, 15) is 4.79 Å². The molecule has 1 aromatic carbocycles. The molecule has 1 aliphatic heterocycles. The van der Waals surface area contributed by atoms with Gasteiger partial charge >= 0.3 is 0 Å². The number of nitrogens with zero attached hydrogens (tertiary/aromatic N) is 3. The number of pyridine rings is 1. The maximum Gasteiger partial charge on any atom is 0.258 e. The van der Waals surface area contributed by atoms with Crippen LogP contribution in [0.1, 0.15) is 22.0 Å². The smallest absolute Gasteiger partial charge is 0.258 e. The Morgan fingerprint density at radius 2 is 2.04 bits per heavy atom. The molecule has 2 N–H and O–H groups in total. The Bertz CT molecular complexity index is 924. The molecule has 3 heterocycles. The highest BCUT2D eigenvalue weighted by molar-refractivity contribution is 14.1. The van der Waals surface area contributed by atoms with Gasteiger partial charge in [0.15, 0.2) is 5.82 Å². The highest BCUT2D eigenvalue weighted by Gasteiger charge is 2.16. The third kappa shape index (κ3) is 4.88. The molecule has 146 valence electrons. The zero-order chi connectivity index (χ0) is 18.6. The van der Waals surface area contributed by atoms with Gasteiger partial charge in [0.1, 0.15) is 0 Å². The normalized spacial score (nSPS) is 16.2. The lowest BCUT2D eigenvalue weighted by Gasteiger charge is -2.24. The monoisotopic (exact) mass is 511 g/mol. The van der Waals surface area contributed by atoms with Crippen molar-refractivity contribution in [1.82, 2.24) is 20.1 Å². The second kappa shape index (κ2) is 9.46. The van der Waals surface area contributed by atoms with Gasteiger partial charge in [-0.15, -0.1) is 12.4 Å². The van der Waals surface area contributed by atoms with Crippen molar-refractivity contribution in [3.8, 4) is 5.82 Å². The molecular formula is C19H19ClIN5O2. The first-order chi connectivity index (χ1) is 13.2. The molecule has 1 aliphatic rings. The molecule has 0 spiro atoms. The zero-order valence-electron chi connectivity index (χ0n) is 14.8. The van der Waals surface area contributed by atoms with E-state index < -0.39 is 0 Å². The van der Waals surface area contributed by atoms with Gasteiger partial charge in [0.05, 0.1) is 24.5 Å². The van der Waals surface area contributed by atoms with Crippen molar-refractivity contribution < 1.29 is 9.53 Å². The average Bonchev–Trinajstić information content (AvgIpc) is 3.20. The van der Waals surface area contributed by atoms with Crippen LogP contribution < -0.4 is 10.6 Å². The van der Waals surface area contributed by atoms with Gasteiger partial charge in [0, 0.05) is 34.7 Å². The average molecular weight is 512 g/mol. The van der Waals surface area contributed by atoms with Crippen LogP contribution in [0.3, 0.4) is 0 Å². The lowest BCUT2D eigenvalue weighted by Crippen LogP contribution is -2.33. The molecule has 9 heteroatoms. The fourth-order valence-corrected chi connectivity index (χ4v) is 3.15. The van der Waals surface area contributed by atoms with Crippen LogP contribution in [-0.4, -0.2) is 40.4 Å². The third-order valence-electron chi connectivity index (χ3n) is 4.26. The molecule has 2 aromatic heterocycles. The van der Waals surface area contributed by atoms with Gasteiger partial charge in [-0.2, -0.15) is 5.10 Å². The van der Waals surface area contributed by atoms with Crippen LogP contribution >= 0.6 is 35.0 Å². The van der Waals surface area contributed by atoms with Gasteiger partial charge in [-0.25, -0.2) is 9.67 Å². The molecule has 4 rings (SSSR count). The van der Waals surface area contributed by atoms with Crippen molar-refractivity contribution in [2.45, 2.75) is 6.10 Å². The van der Waals surface area contributed by atoms with E-state index >= 15 is 0 Å². The molecule has 1 saturated heterocycles. The van der Waals surface area contributed by atoms with E-state index in [-0.39, 0.29) is 24.4 Å². The highest BCUT2D eigenvalue weighted by atomic mass is 127. The Morgan fingerprint density at radius 3 is 2.71 bits per heavy atom. The molecule has 1 amide bonds. The molecular weight excluding hydrogens is 493 g/mol. The van der Waals surface area contributed by atoms with Crippen LogP contribution in [0, 0.1) is 3.57 Å². The molecule has 1 fully saturated rings. The predicted molar refractivity (Wildman–Crippen MR) is 117 cm³/mol. The SMILES string of the molecule is Cl.O=C(Nc1ccc([C@H]2CNCCO2)cc1)c1cnn(-c2ccc(I)cn2)c1. The van der Waals surface area contributed by atoms with Crippen molar-refractivity contribution in [2.24, 2.45) is 0 Å². The Hall–Kier alpha value is -2.01. The number of benzene rings is 1. The molecule has 0 unspecified atom stereocenters. The fraction of sp³-hybridized carbons (Fsp3) is 0.211. The minimum absolute atomic E-state index is 0. The maximum atomic E-state index is 12.5. The van der Waals surface area contributed by atoms with Gasteiger partial charge < -0.3 is 15.4 Å². The fourth-order valence-electron chi connectivity index (χ4n) is 2.83. The lowest BCUT2D eigenvalue weighted by atomic mass is 10.1. The van der Waals surface area contributed by atoms with E-state index in [1.807, 2.05) is 36.4 Å². The number of nitrogens with one attached hydrogen (secondary N) is 2. The second-order valence-corrected chi connectivity index (χ2v) is 7.39. The van der Waals surface area contributed by atoms with E-state index in [0.717, 1.165) is 27.9 Å². The Labute approximate surface area is 182 Å². The van der Waals surface area contributed by atoms with Crippen LogP contribution in [0.5, 0.6) is 0 Å². The molecule has 0 radical (unpaired) electrons. The number of ether oxygens (including phenoxy) is 1. The predicted octanol–water partition coefficient (Wildman–Crippen LogP) is 3.21. The largest absolute Gasteiger partial charge is 0.371 e. The number of halogens is 2. The third-order valence-corrected chi connectivity index (χ3v) is 4.90. The first kappa shape index (κ1) is 20.7. The summed E-state index contributed by atoms with van der Waals surface area (Å²) in [4.78, 5) is 16.8. The summed E-state index contributed by atoms with van der Waals surface area (Å²) < 4.78 is 8.37. The van der Waals surface area contributed by atoms with Crippen molar-refractivity contribution in [2.75, 3.05) is 25.0 Å². The number of rotatable bonds is 4. The number of anilines is 1. The van der Waals surface area contributed by atoms with E-state index in [1.165, 1.54) is 6.20 Å². The summed E-state index contributed by atoms with van der Waals surface area (Å²) in [6, 6.07) is 11.5. The lowest BCUT2D eigenvalue weighted by molar-refractivity contribution is 0.0277. The number of carbonyl (C=O) groups is 1. The summed E-state index contributed by atoms with van der Waals surface area (Å²) >= 11 is 2.19. The van der Waals surface area contributed by atoms with Gasteiger partial charge in [-0.1, -0.05) is 12.1 Å². The minimum atomic E-state index is -0.213. The number of amides is 1. The second-order valence-electron chi connectivity index (χ2n) is 6.15. The van der Waals surface area contributed by atoms with Gasteiger partial charge in [-0.05, 0) is 52.4 Å². The molecule has 0 aliphatic carbocycles. The first-order valence-corrected chi connectivity index (χ1v) is 9.67. The van der Waals surface area contributed by atoms with Crippen molar-refractivity contribution >= 4 is 46.6 Å². The van der Waals surface area contributed by atoms with Crippen molar-refractivity contribution in [3.63, 3.8) is 0 Å². The maximum absolute atomic E-state index is 12.5. The molecule has 7 nitrogen and oxygen atoms in total. The van der Waals surface area contributed by atoms with Crippen molar-refractivity contribution in [1.29, 1.82) is 0 Å². The Morgan fingerprint density at radius 1 is 1.21 bits per heavy atom. The van der Waals surface area contributed by atoms with Gasteiger partial charge in [-0.3, -0.25) is 4.79 Å². The quantitative estimate of drug-likeness (QED) is 0.526. The van der Waals surface area contributed by atoms with E-state index in [0.29, 0.717) is 18.0 Å². The van der Waals surface area contributed by atoms with Crippen LogP contribution in [-0.2, 0) is 4.74 Å². The summed E-state index contributed by atoms with van der Waals surface area (Å²) in [7, 11) is 0. The number of carbonyl (C=O) groups excluding carboxylic acids is 1.